The SMILES string of the molecule is COCOc1c(CC2C=CC=CC2)cccc1Pc1ccccc1N1CCCCC1. The van der Waals surface area contributed by atoms with E-state index in [1.165, 1.54) is 41.1 Å². The first-order chi connectivity index (χ1) is 14.8. The predicted octanol–water partition coefficient (Wildman–Crippen LogP) is 4.96. The van der Waals surface area contributed by atoms with Crippen LogP contribution in [0, 0.1) is 5.92 Å². The van der Waals surface area contributed by atoms with Gasteiger partial charge in [-0.15, -0.1) is 0 Å². The Morgan fingerprint density at radius 1 is 0.967 bits per heavy atom. The van der Waals surface area contributed by atoms with E-state index in [4.69, 9.17) is 9.47 Å². The Morgan fingerprint density at radius 3 is 2.60 bits per heavy atom. The lowest BCUT2D eigenvalue weighted by molar-refractivity contribution is 0.0511. The highest BCUT2D eigenvalue weighted by Crippen LogP contribution is 2.30. The van der Waals surface area contributed by atoms with Crippen LogP contribution in [-0.4, -0.2) is 27.0 Å². The molecule has 0 amide bonds. The van der Waals surface area contributed by atoms with Crippen molar-refractivity contribution in [1.29, 1.82) is 0 Å². The Hall–Kier alpha value is -2.09. The molecule has 1 saturated heterocycles. The van der Waals surface area contributed by atoms with Gasteiger partial charge in [0.05, 0.1) is 0 Å². The van der Waals surface area contributed by atoms with Crippen LogP contribution in [0.4, 0.5) is 5.69 Å². The highest BCUT2D eigenvalue weighted by molar-refractivity contribution is 7.56. The second-order valence-corrected chi connectivity index (χ2v) is 9.37. The molecule has 0 spiro atoms. The quantitative estimate of drug-likeness (QED) is 0.444. The van der Waals surface area contributed by atoms with Crippen molar-refractivity contribution in [3.8, 4) is 5.75 Å². The Morgan fingerprint density at radius 2 is 1.80 bits per heavy atom. The maximum absolute atomic E-state index is 6.15. The molecule has 0 saturated carbocycles. The first kappa shape index (κ1) is 21.2. The molecule has 1 aliphatic heterocycles. The van der Waals surface area contributed by atoms with Gasteiger partial charge in [0.1, 0.15) is 5.75 Å². The third-order valence-corrected chi connectivity index (χ3v) is 7.19. The van der Waals surface area contributed by atoms with Crippen LogP contribution in [0.5, 0.6) is 5.75 Å². The normalized spacial score (nSPS) is 19.0. The molecule has 1 fully saturated rings. The summed E-state index contributed by atoms with van der Waals surface area (Å²) in [6.07, 6.45) is 14.9. The first-order valence-electron chi connectivity index (χ1n) is 11.0. The third kappa shape index (κ3) is 5.33. The molecule has 1 aliphatic carbocycles. The van der Waals surface area contributed by atoms with Crippen molar-refractivity contribution in [2.75, 3.05) is 31.9 Å². The molecule has 158 valence electrons. The van der Waals surface area contributed by atoms with Gasteiger partial charge in [-0.1, -0.05) is 69.3 Å². The molecule has 2 aromatic carbocycles. The van der Waals surface area contributed by atoms with Gasteiger partial charge in [0.15, 0.2) is 6.79 Å². The summed E-state index contributed by atoms with van der Waals surface area (Å²) in [4.78, 5) is 2.56. The van der Waals surface area contributed by atoms with Gasteiger partial charge in [-0.25, -0.2) is 0 Å². The van der Waals surface area contributed by atoms with E-state index in [2.05, 4.69) is 71.7 Å². The van der Waals surface area contributed by atoms with Crippen LogP contribution in [0.2, 0.25) is 0 Å². The van der Waals surface area contributed by atoms with Crippen molar-refractivity contribution in [2.24, 2.45) is 5.92 Å². The molecule has 1 heterocycles. The van der Waals surface area contributed by atoms with E-state index < -0.39 is 0 Å². The van der Waals surface area contributed by atoms with Crippen molar-refractivity contribution < 1.29 is 9.47 Å². The predicted molar refractivity (Wildman–Crippen MR) is 129 cm³/mol. The number of para-hydroxylation sites is 2. The molecular weight excluding hydrogens is 389 g/mol. The van der Waals surface area contributed by atoms with Crippen LogP contribution in [-0.2, 0) is 11.2 Å². The smallest absolute Gasteiger partial charge is 0.188 e. The average molecular weight is 422 g/mol. The molecule has 2 aliphatic rings. The summed E-state index contributed by atoms with van der Waals surface area (Å²) in [6.45, 7) is 2.61. The van der Waals surface area contributed by atoms with E-state index in [0.717, 1.165) is 31.7 Å². The second-order valence-electron chi connectivity index (χ2n) is 8.05. The van der Waals surface area contributed by atoms with Crippen molar-refractivity contribution in [3.63, 3.8) is 0 Å². The monoisotopic (exact) mass is 421 g/mol. The highest BCUT2D eigenvalue weighted by atomic mass is 31.1. The van der Waals surface area contributed by atoms with Crippen molar-refractivity contribution >= 4 is 24.9 Å². The Balaban J connectivity index is 1.61. The number of anilines is 1. The average Bonchev–Trinajstić information content (AvgIpc) is 2.80. The fourth-order valence-corrected chi connectivity index (χ4v) is 5.70. The molecule has 2 atom stereocenters. The van der Waals surface area contributed by atoms with E-state index in [-0.39, 0.29) is 6.79 Å². The van der Waals surface area contributed by atoms with E-state index in [1.54, 1.807) is 7.11 Å². The Kier molecular flexibility index (Phi) is 7.61. The molecule has 30 heavy (non-hydrogen) atoms. The van der Waals surface area contributed by atoms with Gasteiger partial charge in [-0.3, -0.25) is 0 Å². The summed E-state index contributed by atoms with van der Waals surface area (Å²) in [6, 6.07) is 15.5. The topological polar surface area (TPSA) is 21.7 Å². The fraction of sp³-hybridized carbons (Fsp3) is 0.385. The molecule has 2 unspecified atom stereocenters. The maximum Gasteiger partial charge on any atom is 0.188 e. The largest absolute Gasteiger partial charge is 0.467 e. The molecule has 0 bridgehead atoms. The number of piperidine rings is 1. The van der Waals surface area contributed by atoms with Crippen LogP contribution in [0.3, 0.4) is 0 Å². The highest BCUT2D eigenvalue weighted by Gasteiger charge is 2.18. The van der Waals surface area contributed by atoms with E-state index in [9.17, 15) is 0 Å². The molecule has 0 N–H and O–H groups in total. The minimum absolute atomic E-state index is 0.280. The van der Waals surface area contributed by atoms with Crippen molar-refractivity contribution in [1.82, 2.24) is 0 Å². The third-order valence-electron chi connectivity index (χ3n) is 5.84. The zero-order chi connectivity index (χ0) is 20.6. The van der Waals surface area contributed by atoms with E-state index in [1.807, 2.05) is 0 Å². The van der Waals surface area contributed by atoms with Crippen LogP contribution in [0.15, 0.2) is 66.8 Å². The molecule has 0 radical (unpaired) electrons. The molecule has 4 heteroatoms. The molecular formula is C26H32NO2P. The fourth-order valence-electron chi connectivity index (χ4n) is 4.33. The summed E-state index contributed by atoms with van der Waals surface area (Å²) in [7, 11) is 2.25. The first-order valence-corrected chi connectivity index (χ1v) is 12.0. The van der Waals surface area contributed by atoms with Crippen LogP contribution in [0.25, 0.3) is 0 Å². The Bertz CT molecular complexity index is 886. The maximum atomic E-state index is 6.15. The van der Waals surface area contributed by atoms with Crippen molar-refractivity contribution in [2.45, 2.75) is 32.1 Å². The standard InChI is InChI=1S/C26H32NO2P/c1-28-20-29-26-22(19-21-11-4-2-5-12-21)13-10-16-25(26)30-24-15-7-6-14-23(24)27-17-8-3-9-18-27/h2,4-7,10-11,13-16,21,30H,3,8-9,12,17-20H2,1H3. The van der Waals surface area contributed by atoms with Crippen LogP contribution in [0.1, 0.15) is 31.2 Å². The molecule has 3 nitrogen and oxygen atoms in total. The minimum Gasteiger partial charge on any atom is -0.467 e. The number of benzene rings is 2. The van der Waals surface area contributed by atoms with Gasteiger partial charge in [0.25, 0.3) is 0 Å². The molecule has 2 aromatic rings. The molecule has 0 aromatic heterocycles. The van der Waals surface area contributed by atoms with Gasteiger partial charge in [-0.2, -0.15) is 0 Å². The summed E-state index contributed by atoms with van der Waals surface area (Å²) in [5.41, 5.74) is 2.66. The summed E-state index contributed by atoms with van der Waals surface area (Å²) >= 11 is 0. The number of hydrogen-bond donors (Lipinski definition) is 0. The number of allylic oxidation sites excluding steroid dienone is 4. The lowest BCUT2D eigenvalue weighted by Gasteiger charge is -2.30. The number of ether oxygens (including phenoxy) is 2. The number of hydrogen-bond acceptors (Lipinski definition) is 3. The lowest BCUT2D eigenvalue weighted by atomic mass is 9.93. The zero-order valence-electron chi connectivity index (χ0n) is 17.8. The number of rotatable bonds is 8. The van der Waals surface area contributed by atoms with E-state index >= 15 is 0 Å². The second kappa shape index (κ2) is 10.8. The van der Waals surface area contributed by atoms with Gasteiger partial charge >= 0.3 is 0 Å². The van der Waals surface area contributed by atoms with Crippen LogP contribution >= 0.6 is 8.58 Å². The van der Waals surface area contributed by atoms with Gasteiger partial charge < -0.3 is 14.4 Å². The lowest BCUT2D eigenvalue weighted by Crippen LogP contribution is -2.32. The number of nitrogens with zero attached hydrogens (tertiary/aromatic N) is 1. The van der Waals surface area contributed by atoms with E-state index in [0.29, 0.717) is 14.5 Å². The zero-order valence-corrected chi connectivity index (χ0v) is 18.8. The summed E-state index contributed by atoms with van der Waals surface area (Å²) in [5.74, 6) is 1.54. The van der Waals surface area contributed by atoms with Gasteiger partial charge in [-0.05, 0) is 49.7 Å². The van der Waals surface area contributed by atoms with Crippen molar-refractivity contribution in [3.05, 3.63) is 72.3 Å². The molecule has 4 rings (SSSR count). The summed E-state index contributed by atoms with van der Waals surface area (Å²) in [5, 5.41) is 2.67. The van der Waals surface area contributed by atoms with Gasteiger partial charge in [0.2, 0.25) is 0 Å². The van der Waals surface area contributed by atoms with Gasteiger partial charge in [0, 0.05) is 36.5 Å². The summed E-state index contributed by atoms with van der Waals surface area (Å²) < 4.78 is 11.4. The van der Waals surface area contributed by atoms with Crippen LogP contribution < -0.4 is 20.2 Å². The minimum atomic E-state index is 0.280. The Labute approximate surface area is 182 Å². The number of methoxy groups -OCH3 is 1.